The van der Waals surface area contributed by atoms with Crippen molar-refractivity contribution in [3.05, 3.63) is 34.3 Å². The summed E-state index contributed by atoms with van der Waals surface area (Å²) in [6, 6.07) is 7.57. The van der Waals surface area contributed by atoms with Crippen LogP contribution in [0, 0.1) is 0 Å². The zero-order chi connectivity index (χ0) is 14.9. The van der Waals surface area contributed by atoms with Gasteiger partial charge in [-0.1, -0.05) is 28.1 Å². The van der Waals surface area contributed by atoms with Crippen LogP contribution in [-0.4, -0.2) is 36.1 Å². The van der Waals surface area contributed by atoms with Gasteiger partial charge in [-0.25, -0.2) is 0 Å². The molecule has 0 aromatic heterocycles. The fraction of sp³-hybridized carbons (Fsp3) is 0.533. The van der Waals surface area contributed by atoms with Gasteiger partial charge in [-0.2, -0.15) is 0 Å². The zero-order valence-electron chi connectivity index (χ0n) is 12.5. The van der Waals surface area contributed by atoms with E-state index in [1.807, 2.05) is 38.1 Å². The molecule has 4 nitrogen and oxygen atoms in total. The summed E-state index contributed by atoms with van der Waals surface area (Å²) >= 11 is 3.39. The summed E-state index contributed by atoms with van der Waals surface area (Å²) in [5.41, 5.74) is 6.11. The van der Waals surface area contributed by atoms with Gasteiger partial charge < -0.3 is 15.4 Å². The quantitative estimate of drug-likeness (QED) is 0.862. The van der Waals surface area contributed by atoms with Crippen LogP contribution in [0.2, 0.25) is 0 Å². The number of nitrogens with two attached hydrogens (primary N) is 1. The highest BCUT2D eigenvalue weighted by atomic mass is 79.9. The highest BCUT2D eigenvalue weighted by Crippen LogP contribution is 2.24. The van der Waals surface area contributed by atoms with Crippen molar-refractivity contribution in [1.82, 2.24) is 4.90 Å². The summed E-state index contributed by atoms with van der Waals surface area (Å²) < 4.78 is 6.63. The van der Waals surface area contributed by atoms with Crippen molar-refractivity contribution < 1.29 is 9.53 Å². The largest absolute Gasteiger partial charge is 0.372 e. The Kier molecular flexibility index (Phi) is 6.23. The fourth-order valence-corrected chi connectivity index (χ4v) is 2.86. The van der Waals surface area contributed by atoms with E-state index in [0.29, 0.717) is 13.1 Å². The molecule has 118 valence electrons. The van der Waals surface area contributed by atoms with E-state index in [-0.39, 0.29) is 30.5 Å². The average molecular weight is 378 g/mol. The molecule has 1 amide bonds. The van der Waals surface area contributed by atoms with E-state index >= 15 is 0 Å². The number of amides is 1. The molecule has 1 heterocycles. The van der Waals surface area contributed by atoms with Gasteiger partial charge in [0.25, 0.3) is 0 Å². The molecule has 1 aliphatic heterocycles. The summed E-state index contributed by atoms with van der Waals surface area (Å²) in [5, 5.41) is 0. The molecule has 1 aromatic rings. The molecule has 2 rings (SSSR count). The lowest BCUT2D eigenvalue weighted by Crippen LogP contribution is -2.56. The van der Waals surface area contributed by atoms with Crippen molar-refractivity contribution in [2.75, 3.05) is 13.1 Å². The number of carbonyl (C=O) groups is 1. The van der Waals surface area contributed by atoms with Crippen LogP contribution in [0.3, 0.4) is 0 Å². The Morgan fingerprint density at radius 3 is 2.24 bits per heavy atom. The van der Waals surface area contributed by atoms with Gasteiger partial charge in [0.1, 0.15) is 5.54 Å². The third-order valence-corrected chi connectivity index (χ3v) is 4.12. The molecule has 2 N–H and O–H groups in total. The fourth-order valence-electron chi connectivity index (χ4n) is 2.59. The number of rotatable bonds is 2. The SMILES string of the molecule is CC1CN(C(=O)C(C)(N)c2ccc(Br)cc2)CC(C)O1.Cl. The molecule has 21 heavy (non-hydrogen) atoms. The zero-order valence-corrected chi connectivity index (χ0v) is 14.9. The first-order valence-corrected chi connectivity index (χ1v) is 7.59. The van der Waals surface area contributed by atoms with Crippen molar-refractivity contribution in [3.63, 3.8) is 0 Å². The van der Waals surface area contributed by atoms with Crippen LogP contribution in [0.4, 0.5) is 0 Å². The highest BCUT2D eigenvalue weighted by molar-refractivity contribution is 9.10. The molecular formula is C15H22BrClN2O2. The van der Waals surface area contributed by atoms with Gasteiger partial charge in [0.2, 0.25) is 5.91 Å². The van der Waals surface area contributed by atoms with E-state index in [4.69, 9.17) is 10.5 Å². The summed E-state index contributed by atoms with van der Waals surface area (Å²) in [6.07, 6.45) is 0.0897. The lowest BCUT2D eigenvalue weighted by molar-refractivity contribution is -0.148. The van der Waals surface area contributed by atoms with E-state index in [0.717, 1.165) is 10.0 Å². The minimum atomic E-state index is -1.02. The Morgan fingerprint density at radius 2 is 1.76 bits per heavy atom. The molecule has 1 aliphatic rings. The van der Waals surface area contributed by atoms with Crippen molar-refractivity contribution in [2.45, 2.75) is 38.5 Å². The number of ether oxygens (including phenoxy) is 1. The van der Waals surface area contributed by atoms with E-state index in [2.05, 4.69) is 15.9 Å². The maximum atomic E-state index is 12.7. The second-order valence-corrected chi connectivity index (χ2v) is 6.59. The predicted octanol–water partition coefficient (Wildman–Crippen LogP) is 2.68. The van der Waals surface area contributed by atoms with E-state index in [9.17, 15) is 4.79 Å². The van der Waals surface area contributed by atoms with Crippen LogP contribution in [0.1, 0.15) is 26.3 Å². The molecule has 3 unspecified atom stereocenters. The molecule has 0 bridgehead atoms. The Morgan fingerprint density at radius 1 is 1.29 bits per heavy atom. The monoisotopic (exact) mass is 376 g/mol. The molecule has 0 radical (unpaired) electrons. The van der Waals surface area contributed by atoms with Crippen molar-refractivity contribution in [2.24, 2.45) is 5.73 Å². The molecule has 1 fully saturated rings. The highest BCUT2D eigenvalue weighted by Gasteiger charge is 2.37. The van der Waals surface area contributed by atoms with E-state index in [1.54, 1.807) is 11.8 Å². The molecule has 0 aliphatic carbocycles. The van der Waals surface area contributed by atoms with Gasteiger partial charge in [-0.05, 0) is 38.5 Å². The lowest BCUT2D eigenvalue weighted by Gasteiger charge is -2.39. The number of nitrogens with zero attached hydrogens (tertiary/aromatic N) is 1. The van der Waals surface area contributed by atoms with Crippen LogP contribution >= 0.6 is 28.3 Å². The number of hydrogen-bond acceptors (Lipinski definition) is 3. The number of halogens is 2. The van der Waals surface area contributed by atoms with E-state index < -0.39 is 5.54 Å². The molecule has 1 aromatic carbocycles. The van der Waals surface area contributed by atoms with Crippen LogP contribution in [0.25, 0.3) is 0 Å². The first-order chi connectivity index (χ1) is 9.30. The summed E-state index contributed by atoms with van der Waals surface area (Å²) in [7, 11) is 0. The first kappa shape index (κ1) is 18.4. The Balaban J connectivity index is 0.00000220. The normalized spacial score (nSPS) is 24.9. The molecule has 1 saturated heterocycles. The molecule has 0 spiro atoms. The lowest BCUT2D eigenvalue weighted by atomic mass is 9.91. The minimum absolute atomic E-state index is 0. The van der Waals surface area contributed by atoms with Gasteiger partial charge >= 0.3 is 0 Å². The average Bonchev–Trinajstić information content (AvgIpc) is 2.37. The van der Waals surface area contributed by atoms with Crippen LogP contribution < -0.4 is 5.73 Å². The standard InChI is InChI=1S/C15H21BrN2O2.ClH/c1-10-8-18(9-11(2)20-10)14(19)15(3,17)12-4-6-13(16)7-5-12;/h4-7,10-11H,8-9,17H2,1-3H3;1H. The van der Waals surface area contributed by atoms with Gasteiger partial charge in [-0.15, -0.1) is 12.4 Å². The summed E-state index contributed by atoms with van der Waals surface area (Å²) in [4.78, 5) is 14.5. The van der Waals surface area contributed by atoms with Gasteiger partial charge in [0, 0.05) is 17.6 Å². The predicted molar refractivity (Wildman–Crippen MR) is 89.5 cm³/mol. The van der Waals surface area contributed by atoms with E-state index in [1.165, 1.54) is 0 Å². The number of benzene rings is 1. The van der Waals surface area contributed by atoms with Crippen molar-refractivity contribution in [3.8, 4) is 0 Å². The second kappa shape index (κ2) is 7.09. The maximum absolute atomic E-state index is 12.7. The van der Waals surface area contributed by atoms with Crippen molar-refractivity contribution in [1.29, 1.82) is 0 Å². The van der Waals surface area contributed by atoms with Crippen LogP contribution in [0.15, 0.2) is 28.7 Å². The smallest absolute Gasteiger partial charge is 0.247 e. The minimum Gasteiger partial charge on any atom is -0.372 e. The Bertz CT molecular complexity index is 483. The molecule has 0 saturated carbocycles. The second-order valence-electron chi connectivity index (χ2n) is 5.68. The summed E-state index contributed by atoms with van der Waals surface area (Å²) in [5.74, 6) is -0.0539. The summed E-state index contributed by atoms with van der Waals surface area (Å²) in [6.45, 7) is 6.90. The Hall–Kier alpha value is -0.620. The maximum Gasteiger partial charge on any atom is 0.247 e. The van der Waals surface area contributed by atoms with Crippen LogP contribution in [0.5, 0.6) is 0 Å². The van der Waals surface area contributed by atoms with Gasteiger partial charge in [0.05, 0.1) is 12.2 Å². The molecule has 6 heteroatoms. The third-order valence-electron chi connectivity index (χ3n) is 3.59. The van der Waals surface area contributed by atoms with Crippen LogP contribution in [-0.2, 0) is 15.1 Å². The van der Waals surface area contributed by atoms with Crippen molar-refractivity contribution >= 4 is 34.2 Å². The third kappa shape index (κ3) is 4.19. The number of morpholine rings is 1. The first-order valence-electron chi connectivity index (χ1n) is 6.80. The van der Waals surface area contributed by atoms with Gasteiger partial charge in [-0.3, -0.25) is 4.79 Å². The van der Waals surface area contributed by atoms with Gasteiger partial charge in [0.15, 0.2) is 0 Å². The Labute approximate surface area is 140 Å². The topological polar surface area (TPSA) is 55.6 Å². The molecular weight excluding hydrogens is 356 g/mol. The molecule has 3 atom stereocenters. The number of hydrogen-bond donors (Lipinski definition) is 1. The number of carbonyl (C=O) groups excluding carboxylic acids is 1.